The van der Waals surface area contributed by atoms with E-state index in [0.29, 0.717) is 16.0 Å². The van der Waals surface area contributed by atoms with E-state index in [1.807, 2.05) is 0 Å². The SMILES string of the molecule is COC(=O)c1ccccc1/C=C1\C(=O)N(CC(=O)[O-])C(=O)c2ccccc21. The number of carboxylic acid groups (broad SMARTS) is 1. The summed E-state index contributed by atoms with van der Waals surface area (Å²) >= 11 is 0. The molecule has 3 rings (SSSR count). The molecule has 0 aliphatic carbocycles. The Morgan fingerprint density at radius 2 is 1.63 bits per heavy atom. The molecule has 0 N–H and O–H groups in total. The van der Waals surface area contributed by atoms with Crippen molar-refractivity contribution in [1.82, 2.24) is 4.90 Å². The molecule has 2 aromatic carbocycles. The topological polar surface area (TPSA) is 104 Å². The molecule has 2 aromatic rings. The number of nitrogens with zero attached hydrogens (tertiary/aromatic N) is 1. The molecule has 7 nitrogen and oxygen atoms in total. The third kappa shape index (κ3) is 3.35. The monoisotopic (exact) mass is 364 g/mol. The number of methoxy groups -OCH3 is 1. The number of carbonyl (C=O) groups is 4. The maximum Gasteiger partial charge on any atom is 0.338 e. The molecule has 1 heterocycles. The summed E-state index contributed by atoms with van der Waals surface area (Å²) in [5.74, 6) is -3.62. The van der Waals surface area contributed by atoms with E-state index in [9.17, 15) is 24.3 Å². The van der Waals surface area contributed by atoms with E-state index in [-0.39, 0.29) is 16.7 Å². The van der Waals surface area contributed by atoms with E-state index in [0.717, 1.165) is 0 Å². The number of aliphatic carboxylic acids is 1. The number of esters is 1. The van der Waals surface area contributed by atoms with Gasteiger partial charge >= 0.3 is 5.97 Å². The van der Waals surface area contributed by atoms with Crippen molar-refractivity contribution in [1.29, 1.82) is 0 Å². The van der Waals surface area contributed by atoms with Gasteiger partial charge in [0, 0.05) is 11.1 Å². The molecule has 0 fully saturated rings. The van der Waals surface area contributed by atoms with E-state index >= 15 is 0 Å². The number of fused-ring (bicyclic) bond motifs is 1. The van der Waals surface area contributed by atoms with Gasteiger partial charge in [0.05, 0.1) is 25.2 Å². The van der Waals surface area contributed by atoms with Crippen LogP contribution in [0.2, 0.25) is 0 Å². The van der Waals surface area contributed by atoms with Crippen molar-refractivity contribution in [3.63, 3.8) is 0 Å². The van der Waals surface area contributed by atoms with Gasteiger partial charge in [-0.15, -0.1) is 0 Å². The minimum atomic E-state index is -1.55. The summed E-state index contributed by atoms with van der Waals surface area (Å²) in [5, 5.41) is 11.0. The molecule has 1 aliphatic rings. The molecular weight excluding hydrogens is 350 g/mol. The molecule has 136 valence electrons. The first-order valence-corrected chi connectivity index (χ1v) is 7.98. The largest absolute Gasteiger partial charge is 0.548 e. The van der Waals surface area contributed by atoms with Gasteiger partial charge in [-0.3, -0.25) is 14.5 Å². The van der Waals surface area contributed by atoms with Gasteiger partial charge < -0.3 is 14.6 Å². The minimum absolute atomic E-state index is 0.0998. The summed E-state index contributed by atoms with van der Waals surface area (Å²) in [4.78, 5) is 48.9. The quantitative estimate of drug-likeness (QED) is 0.450. The number of carbonyl (C=O) groups excluding carboxylic acids is 4. The molecule has 0 atom stereocenters. The second kappa shape index (κ2) is 7.25. The van der Waals surface area contributed by atoms with Gasteiger partial charge in [0.15, 0.2) is 0 Å². The standard InChI is InChI=1S/C20H15NO6/c1-27-20(26)13-7-3-2-6-12(13)10-16-14-8-4-5-9-15(14)18(24)21(19(16)25)11-17(22)23/h2-10H,11H2,1H3,(H,22,23)/p-1/b16-10-. The highest BCUT2D eigenvalue weighted by Crippen LogP contribution is 2.31. The van der Waals surface area contributed by atoms with Gasteiger partial charge in [0.25, 0.3) is 11.8 Å². The second-order valence-corrected chi connectivity index (χ2v) is 5.75. The van der Waals surface area contributed by atoms with Gasteiger partial charge in [-0.2, -0.15) is 0 Å². The van der Waals surface area contributed by atoms with Crippen LogP contribution in [-0.4, -0.2) is 42.3 Å². The van der Waals surface area contributed by atoms with Crippen molar-refractivity contribution < 1.29 is 29.0 Å². The molecule has 27 heavy (non-hydrogen) atoms. The maximum atomic E-state index is 12.8. The summed E-state index contributed by atoms with van der Waals surface area (Å²) in [5.41, 5.74) is 1.30. The van der Waals surface area contributed by atoms with Crippen LogP contribution < -0.4 is 5.11 Å². The Kier molecular flexibility index (Phi) is 4.85. The van der Waals surface area contributed by atoms with Crippen LogP contribution in [0.5, 0.6) is 0 Å². The Morgan fingerprint density at radius 1 is 1.00 bits per heavy atom. The Labute approximate surface area is 154 Å². The molecule has 7 heteroatoms. The van der Waals surface area contributed by atoms with Crippen molar-refractivity contribution in [3.05, 3.63) is 70.8 Å². The van der Waals surface area contributed by atoms with Gasteiger partial charge in [-0.1, -0.05) is 36.4 Å². The smallest absolute Gasteiger partial charge is 0.338 e. The lowest BCUT2D eigenvalue weighted by atomic mass is 9.91. The van der Waals surface area contributed by atoms with Gasteiger partial charge in [0.2, 0.25) is 0 Å². The third-order valence-corrected chi connectivity index (χ3v) is 4.12. The number of imide groups is 1. The lowest BCUT2D eigenvalue weighted by Crippen LogP contribution is -2.47. The van der Waals surface area contributed by atoms with E-state index in [4.69, 9.17) is 4.74 Å². The van der Waals surface area contributed by atoms with Gasteiger partial charge in [-0.25, -0.2) is 4.79 Å². The van der Waals surface area contributed by atoms with Crippen molar-refractivity contribution >= 4 is 35.4 Å². The fraction of sp³-hybridized carbons (Fsp3) is 0.100. The lowest BCUT2D eigenvalue weighted by molar-refractivity contribution is -0.305. The maximum absolute atomic E-state index is 12.8. The van der Waals surface area contributed by atoms with Crippen molar-refractivity contribution in [2.45, 2.75) is 0 Å². The number of hydrogen-bond acceptors (Lipinski definition) is 6. The second-order valence-electron chi connectivity index (χ2n) is 5.75. The first-order valence-electron chi connectivity index (χ1n) is 7.98. The van der Waals surface area contributed by atoms with Crippen LogP contribution in [0.1, 0.15) is 31.8 Å². The predicted octanol–water partition coefficient (Wildman–Crippen LogP) is 0.746. The van der Waals surface area contributed by atoms with Crippen LogP contribution in [0.15, 0.2) is 48.5 Å². The first-order chi connectivity index (χ1) is 12.9. The van der Waals surface area contributed by atoms with E-state index < -0.39 is 30.3 Å². The summed E-state index contributed by atoms with van der Waals surface area (Å²) in [6, 6.07) is 12.9. The summed E-state index contributed by atoms with van der Waals surface area (Å²) < 4.78 is 4.75. The highest BCUT2D eigenvalue weighted by Gasteiger charge is 2.34. The zero-order valence-electron chi connectivity index (χ0n) is 14.3. The average Bonchev–Trinajstić information content (AvgIpc) is 2.68. The predicted molar refractivity (Wildman–Crippen MR) is 93.1 cm³/mol. The van der Waals surface area contributed by atoms with Crippen molar-refractivity contribution in [2.75, 3.05) is 13.7 Å². The van der Waals surface area contributed by atoms with Crippen LogP contribution in [-0.2, 0) is 14.3 Å². The van der Waals surface area contributed by atoms with E-state index in [2.05, 4.69) is 0 Å². The molecule has 0 spiro atoms. The first kappa shape index (κ1) is 18.1. The van der Waals surface area contributed by atoms with Crippen molar-refractivity contribution in [3.8, 4) is 0 Å². The number of amides is 2. The molecular formula is C20H14NO6-. The fourth-order valence-electron chi connectivity index (χ4n) is 2.89. The Hall–Kier alpha value is -3.74. The number of hydrogen-bond donors (Lipinski definition) is 0. The Balaban J connectivity index is 2.19. The molecule has 0 saturated heterocycles. The zero-order valence-corrected chi connectivity index (χ0v) is 14.3. The molecule has 1 aliphatic heterocycles. The number of ether oxygens (including phenoxy) is 1. The Morgan fingerprint density at radius 3 is 2.30 bits per heavy atom. The van der Waals surface area contributed by atoms with Gasteiger partial charge in [-0.05, 0) is 29.3 Å². The molecule has 2 amide bonds. The average molecular weight is 364 g/mol. The minimum Gasteiger partial charge on any atom is -0.548 e. The van der Waals surface area contributed by atoms with E-state index in [1.54, 1.807) is 42.5 Å². The molecule has 0 bridgehead atoms. The Bertz CT molecular complexity index is 991. The van der Waals surface area contributed by atoms with Gasteiger partial charge in [0.1, 0.15) is 0 Å². The van der Waals surface area contributed by atoms with Crippen LogP contribution in [0.4, 0.5) is 0 Å². The molecule has 0 saturated carbocycles. The fourth-order valence-corrected chi connectivity index (χ4v) is 2.89. The van der Waals surface area contributed by atoms with Crippen LogP contribution in [0.3, 0.4) is 0 Å². The highest BCUT2D eigenvalue weighted by molar-refractivity contribution is 6.34. The van der Waals surface area contributed by atoms with Crippen molar-refractivity contribution in [2.24, 2.45) is 0 Å². The third-order valence-electron chi connectivity index (χ3n) is 4.12. The normalized spacial score (nSPS) is 14.9. The summed E-state index contributed by atoms with van der Waals surface area (Å²) in [6.45, 7) is -0.859. The number of rotatable bonds is 4. The zero-order chi connectivity index (χ0) is 19.6. The van der Waals surface area contributed by atoms with Crippen LogP contribution in [0, 0.1) is 0 Å². The van der Waals surface area contributed by atoms with E-state index in [1.165, 1.54) is 19.3 Å². The molecule has 0 aromatic heterocycles. The number of carboxylic acids is 1. The lowest BCUT2D eigenvalue weighted by Gasteiger charge is -2.29. The molecule has 0 unspecified atom stereocenters. The number of benzene rings is 2. The summed E-state index contributed by atoms with van der Waals surface area (Å²) in [7, 11) is 1.24. The highest BCUT2D eigenvalue weighted by atomic mass is 16.5. The van der Waals surface area contributed by atoms with Crippen LogP contribution in [0.25, 0.3) is 11.6 Å². The molecule has 0 radical (unpaired) electrons. The van der Waals surface area contributed by atoms with Crippen LogP contribution >= 0.6 is 0 Å². The summed E-state index contributed by atoms with van der Waals surface area (Å²) in [6.07, 6.45) is 1.45.